The SMILES string of the molecule is CCc1c(O)c(=O)ccn1CCn1cc(COc2cc(=O)oc3ccccc23)nn1. The topological polar surface area (TPSA) is 112 Å². The van der Waals surface area contributed by atoms with Crippen LogP contribution in [-0.4, -0.2) is 24.7 Å². The molecule has 3 aromatic heterocycles. The Balaban J connectivity index is 1.44. The second-order valence-electron chi connectivity index (χ2n) is 6.71. The van der Waals surface area contributed by atoms with E-state index < -0.39 is 5.63 Å². The van der Waals surface area contributed by atoms with Crippen molar-refractivity contribution in [3.8, 4) is 11.5 Å². The average molecular weight is 408 g/mol. The van der Waals surface area contributed by atoms with E-state index in [0.29, 0.717) is 47.6 Å². The van der Waals surface area contributed by atoms with Crippen molar-refractivity contribution in [1.29, 1.82) is 0 Å². The molecule has 0 saturated heterocycles. The van der Waals surface area contributed by atoms with Crippen LogP contribution in [0.3, 0.4) is 0 Å². The molecule has 1 N–H and O–H groups in total. The third-order valence-corrected chi connectivity index (χ3v) is 4.74. The fourth-order valence-electron chi connectivity index (χ4n) is 3.26. The van der Waals surface area contributed by atoms with E-state index in [1.54, 1.807) is 29.2 Å². The second kappa shape index (κ2) is 8.24. The third-order valence-electron chi connectivity index (χ3n) is 4.74. The number of aromatic hydroxyl groups is 1. The Morgan fingerprint density at radius 2 is 2.00 bits per heavy atom. The van der Waals surface area contributed by atoms with Gasteiger partial charge in [0.15, 0.2) is 5.75 Å². The van der Waals surface area contributed by atoms with Gasteiger partial charge in [0.1, 0.15) is 23.6 Å². The van der Waals surface area contributed by atoms with Gasteiger partial charge in [-0.05, 0) is 18.6 Å². The van der Waals surface area contributed by atoms with Gasteiger partial charge < -0.3 is 18.8 Å². The number of pyridine rings is 1. The lowest BCUT2D eigenvalue weighted by Gasteiger charge is -2.13. The number of rotatable bonds is 7. The normalized spacial score (nSPS) is 11.1. The van der Waals surface area contributed by atoms with E-state index >= 15 is 0 Å². The lowest BCUT2D eigenvalue weighted by atomic mass is 10.2. The van der Waals surface area contributed by atoms with E-state index in [-0.39, 0.29) is 17.8 Å². The highest BCUT2D eigenvalue weighted by Crippen LogP contribution is 2.23. The third kappa shape index (κ3) is 3.95. The molecule has 0 saturated carbocycles. The summed E-state index contributed by atoms with van der Waals surface area (Å²) in [7, 11) is 0. The van der Waals surface area contributed by atoms with Gasteiger partial charge in [0, 0.05) is 18.8 Å². The molecule has 0 aliphatic rings. The van der Waals surface area contributed by atoms with Crippen molar-refractivity contribution in [2.75, 3.05) is 0 Å². The lowest BCUT2D eigenvalue weighted by Crippen LogP contribution is -2.15. The molecule has 4 aromatic rings. The molecule has 0 radical (unpaired) electrons. The zero-order valence-electron chi connectivity index (χ0n) is 16.3. The molecule has 0 spiro atoms. The molecular formula is C21H20N4O5. The van der Waals surface area contributed by atoms with E-state index in [4.69, 9.17) is 9.15 Å². The minimum Gasteiger partial charge on any atom is -0.503 e. The van der Waals surface area contributed by atoms with Crippen LogP contribution in [-0.2, 0) is 26.1 Å². The summed E-state index contributed by atoms with van der Waals surface area (Å²) in [5.41, 5.74) is 0.778. The van der Waals surface area contributed by atoms with Gasteiger partial charge in [-0.25, -0.2) is 4.79 Å². The molecule has 9 nitrogen and oxygen atoms in total. The van der Waals surface area contributed by atoms with E-state index in [9.17, 15) is 14.7 Å². The van der Waals surface area contributed by atoms with Crippen molar-refractivity contribution >= 4 is 11.0 Å². The minimum absolute atomic E-state index is 0.145. The predicted octanol–water partition coefficient (Wildman–Crippen LogP) is 2.09. The molecule has 0 atom stereocenters. The van der Waals surface area contributed by atoms with Gasteiger partial charge in [-0.2, -0.15) is 0 Å². The van der Waals surface area contributed by atoms with Gasteiger partial charge in [-0.1, -0.05) is 24.3 Å². The number of ether oxygens (including phenoxy) is 1. The van der Waals surface area contributed by atoms with Crippen LogP contribution in [0.15, 0.2) is 62.8 Å². The van der Waals surface area contributed by atoms with Crippen molar-refractivity contribution in [2.45, 2.75) is 33.0 Å². The summed E-state index contributed by atoms with van der Waals surface area (Å²) in [5, 5.41) is 18.8. The fourth-order valence-corrected chi connectivity index (χ4v) is 3.26. The molecular weight excluding hydrogens is 388 g/mol. The number of fused-ring (bicyclic) bond motifs is 1. The summed E-state index contributed by atoms with van der Waals surface area (Å²) in [6.45, 7) is 3.04. The van der Waals surface area contributed by atoms with Gasteiger partial charge >= 0.3 is 5.63 Å². The molecule has 0 bridgehead atoms. The predicted molar refractivity (Wildman–Crippen MR) is 109 cm³/mol. The molecule has 30 heavy (non-hydrogen) atoms. The molecule has 0 fully saturated rings. The largest absolute Gasteiger partial charge is 0.503 e. The molecule has 9 heteroatoms. The van der Waals surface area contributed by atoms with Crippen LogP contribution in [0.5, 0.6) is 11.5 Å². The Labute approximate surface area is 170 Å². The first-order chi connectivity index (χ1) is 14.5. The summed E-state index contributed by atoms with van der Waals surface area (Å²) in [4.78, 5) is 23.3. The standard InChI is InChI=1S/C21H20N4O5/c1-2-16-21(28)17(26)7-8-24(16)9-10-25-12-14(22-23-25)13-29-19-11-20(27)30-18-6-4-3-5-15(18)19/h3-8,11-12,28H,2,9-10,13H2,1H3. The first-order valence-corrected chi connectivity index (χ1v) is 9.51. The van der Waals surface area contributed by atoms with E-state index in [2.05, 4.69) is 10.3 Å². The molecule has 0 unspecified atom stereocenters. The van der Waals surface area contributed by atoms with Gasteiger partial charge in [0.2, 0.25) is 5.43 Å². The Bertz CT molecular complexity index is 1300. The summed E-state index contributed by atoms with van der Waals surface area (Å²) >= 11 is 0. The maximum atomic E-state index is 11.7. The molecule has 0 aliphatic carbocycles. The number of aryl methyl sites for hydroxylation is 2. The highest BCUT2D eigenvalue weighted by molar-refractivity contribution is 5.82. The maximum Gasteiger partial charge on any atom is 0.339 e. The van der Waals surface area contributed by atoms with E-state index in [1.165, 1.54) is 12.1 Å². The number of benzene rings is 1. The highest BCUT2D eigenvalue weighted by Gasteiger charge is 2.10. The van der Waals surface area contributed by atoms with Crippen LogP contribution in [0.2, 0.25) is 0 Å². The molecule has 0 aliphatic heterocycles. The molecule has 0 amide bonds. The van der Waals surface area contributed by atoms with E-state index in [0.717, 1.165) is 0 Å². The lowest BCUT2D eigenvalue weighted by molar-refractivity contribution is 0.302. The summed E-state index contributed by atoms with van der Waals surface area (Å²) < 4.78 is 14.4. The number of hydrogen-bond donors (Lipinski definition) is 1. The molecule has 3 heterocycles. The zero-order valence-corrected chi connectivity index (χ0v) is 16.3. The van der Waals surface area contributed by atoms with Crippen molar-refractivity contribution in [1.82, 2.24) is 19.6 Å². The van der Waals surface area contributed by atoms with E-state index in [1.807, 2.05) is 23.6 Å². The summed E-state index contributed by atoms with van der Waals surface area (Å²) in [5.74, 6) is 0.208. The number of nitrogens with zero attached hydrogens (tertiary/aromatic N) is 4. The number of para-hydroxylation sites is 1. The van der Waals surface area contributed by atoms with Gasteiger partial charge in [-0.15, -0.1) is 5.10 Å². The van der Waals surface area contributed by atoms with Crippen LogP contribution in [0, 0.1) is 0 Å². The van der Waals surface area contributed by atoms with Crippen LogP contribution >= 0.6 is 0 Å². The monoisotopic (exact) mass is 408 g/mol. The van der Waals surface area contributed by atoms with Crippen molar-refractivity contribution in [2.24, 2.45) is 0 Å². The van der Waals surface area contributed by atoms with Gasteiger partial charge in [0.25, 0.3) is 0 Å². The molecule has 4 rings (SSSR count). The Morgan fingerprint density at radius 1 is 1.17 bits per heavy atom. The van der Waals surface area contributed by atoms with Crippen molar-refractivity contribution in [3.05, 3.63) is 80.8 Å². The van der Waals surface area contributed by atoms with Crippen LogP contribution < -0.4 is 15.8 Å². The van der Waals surface area contributed by atoms with Gasteiger partial charge in [-0.3, -0.25) is 9.48 Å². The quantitative estimate of drug-likeness (QED) is 0.466. The number of hydrogen-bond acceptors (Lipinski definition) is 7. The second-order valence-corrected chi connectivity index (χ2v) is 6.71. The summed E-state index contributed by atoms with van der Waals surface area (Å²) in [6.07, 6.45) is 3.95. The number of aromatic nitrogens is 4. The maximum absolute atomic E-state index is 11.7. The fraction of sp³-hybridized carbons (Fsp3) is 0.238. The Hall–Kier alpha value is -3.88. The van der Waals surface area contributed by atoms with Gasteiger partial charge in [0.05, 0.1) is 29.9 Å². The zero-order chi connectivity index (χ0) is 21.1. The van der Waals surface area contributed by atoms with Crippen molar-refractivity contribution < 1.29 is 14.3 Å². The minimum atomic E-state index is -0.483. The first kappa shape index (κ1) is 19.4. The smallest absolute Gasteiger partial charge is 0.339 e. The molecule has 154 valence electrons. The van der Waals surface area contributed by atoms with Crippen molar-refractivity contribution in [3.63, 3.8) is 0 Å². The average Bonchev–Trinajstić information content (AvgIpc) is 3.20. The highest BCUT2D eigenvalue weighted by atomic mass is 16.5. The van der Waals surface area contributed by atoms with Crippen LogP contribution in [0.1, 0.15) is 18.3 Å². The van der Waals surface area contributed by atoms with Crippen LogP contribution in [0.25, 0.3) is 11.0 Å². The Morgan fingerprint density at radius 3 is 2.83 bits per heavy atom. The Kier molecular flexibility index (Phi) is 5.34. The molecule has 1 aromatic carbocycles. The summed E-state index contributed by atoms with van der Waals surface area (Å²) in [6, 6.07) is 9.80. The first-order valence-electron chi connectivity index (χ1n) is 9.51. The van der Waals surface area contributed by atoms with Crippen LogP contribution in [0.4, 0.5) is 0 Å².